The molecule has 0 aliphatic carbocycles. The first-order valence-corrected chi connectivity index (χ1v) is 12.2. The number of ether oxygens (including phenoxy) is 1. The van der Waals surface area contributed by atoms with Gasteiger partial charge in [-0.2, -0.15) is 0 Å². The zero-order valence-electron chi connectivity index (χ0n) is 17.9. The first-order valence-electron chi connectivity index (χ1n) is 10.4. The van der Waals surface area contributed by atoms with Crippen LogP contribution < -0.4 is 14.4 Å². The lowest BCUT2D eigenvalue weighted by molar-refractivity contribution is -0.121. The Labute approximate surface area is 175 Å². The third-order valence-electron chi connectivity index (χ3n) is 5.22. The summed E-state index contributed by atoms with van der Waals surface area (Å²) in [6, 6.07) is 6.93. The number of piperidine rings is 1. The van der Waals surface area contributed by atoms with E-state index in [9.17, 15) is 13.2 Å². The number of hydrogen-bond acceptors (Lipinski definition) is 5. The van der Waals surface area contributed by atoms with Crippen LogP contribution in [0.15, 0.2) is 24.3 Å². The first-order chi connectivity index (χ1) is 13.8. The number of sulfonamides is 1. The minimum Gasteiger partial charge on any atom is -0.497 e. The molecule has 1 saturated heterocycles. The maximum absolute atomic E-state index is 12.2. The monoisotopic (exact) mass is 425 g/mol. The molecule has 0 aromatic heterocycles. The third-order valence-corrected chi connectivity index (χ3v) is 6.42. The van der Waals surface area contributed by atoms with Gasteiger partial charge in [-0.05, 0) is 56.8 Å². The van der Waals surface area contributed by atoms with Crippen LogP contribution in [0.4, 0.5) is 5.69 Å². The molecule has 164 valence electrons. The lowest BCUT2D eigenvalue weighted by Gasteiger charge is -2.30. The highest BCUT2D eigenvalue weighted by molar-refractivity contribution is 7.92. The Morgan fingerprint density at radius 2 is 2.14 bits per heavy atom. The first kappa shape index (κ1) is 23.5. The molecule has 1 fully saturated rings. The summed E-state index contributed by atoms with van der Waals surface area (Å²) in [6.07, 6.45) is 5.45. The van der Waals surface area contributed by atoms with Gasteiger partial charge in [-0.15, -0.1) is 0 Å². The molecule has 1 aliphatic heterocycles. The number of nitrogens with zero attached hydrogens (tertiary/aromatic N) is 2. The number of carbonyl (C=O) groups is 1. The molecule has 1 N–H and O–H groups in total. The predicted octanol–water partition coefficient (Wildman–Crippen LogP) is 2.48. The van der Waals surface area contributed by atoms with E-state index >= 15 is 0 Å². The van der Waals surface area contributed by atoms with E-state index in [4.69, 9.17) is 4.74 Å². The van der Waals surface area contributed by atoms with Crippen molar-refractivity contribution in [2.75, 3.05) is 50.4 Å². The maximum Gasteiger partial charge on any atom is 0.232 e. The van der Waals surface area contributed by atoms with Crippen LogP contribution in [0.1, 0.15) is 39.0 Å². The molecule has 1 amide bonds. The van der Waals surface area contributed by atoms with Crippen molar-refractivity contribution in [3.8, 4) is 5.75 Å². The van der Waals surface area contributed by atoms with Gasteiger partial charge >= 0.3 is 0 Å². The van der Waals surface area contributed by atoms with Crippen LogP contribution >= 0.6 is 0 Å². The van der Waals surface area contributed by atoms with E-state index < -0.39 is 10.0 Å². The predicted molar refractivity (Wildman–Crippen MR) is 117 cm³/mol. The van der Waals surface area contributed by atoms with E-state index in [-0.39, 0.29) is 12.5 Å². The number of benzene rings is 1. The fourth-order valence-corrected chi connectivity index (χ4v) is 4.70. The molecule has 1 heterocycles. The van der Waals surface area contributed by atoms with Crippen molar-refractivity contribution in [2.24, 2.45) is 5.92 Å². The van der Waals surface area contributed by atoms with Crippen molar-refractivity contribution in [3.05, 3.63) is 24.3 Å². The van der Waals surface area contributed by atoms with Crippen molar-refractivity contribution >= 4 is 21.6 Å². The number of rotatable bonds is 11. The van der Waals surface area contributed by atoms with Gasteiger partial charge in [0.15, 0.2) is 0 Å². The molecule has 1 atom stereocenters. The van der Waals surface area contributed by atoms with Crippen LogP contribution in [0.5, 0.6) is 5.75 Å². The zero-order chi connectivity index (χ0) is 21.3. The van der Waals surface area contributed by atoms with Gasteiger partial charge in [-0.1, -0.05) is 13.0 Å². The molecular weight excluding hydrogens is 390 g/mol. The van der Waals surface area contributed by atoms with E-state index in [1.165, 1.54) is 23.4 Å². The van der Waals surface area contributed by atoms with Gasteiger partial charge in [0.2, 0.25) is 15.9 Å². The fourth-order valence-electron chi connectivity index (χ4n) is 3.74. The minimum absolute atomic E-state index is 0.0314. The molecule has 1 aliphatic rings. The Morgan fingerprint density at radius 3 is 2.83 bits per heavy atom. The lowest BCUT2D eigenvalue weighted by atomic mass is 10.0. The summed E-state index contributed by atoms with van der Waals surface area (Å²) in [4.78, 5) is 14.6. The molecule has 0 bridgehead atoms. The molecule has 0 spiro atoms. The Bertz CT molecular complexity index is 754. The van der Waals surface area contributed by atoms with E-state index in [2.05, 4.69) is 17.1 Å². The number of nitrogens with one attached hydrogen (secondary N) is 1. The van der Waals surface area contributed by atoms with Crippen molar-refractivity contribution in [3.63, 3.8) is 0 Å². The fraction of sp³-hybridized carbons (Fsp3) is 0.667. The SMILES string of the molecule is COc1cccc(N(CCCC(=O)NCCCN2CCC[C@H](C)C2)S(C)(=O)=O)c1. The van der Waals surface area contributed by atoms with Crippen LogP contribution in [0.2, 0.25) is 0 Å². The quantitative estimate of drug-likeness (QED) is 0.551. The molecule has 29 heavy (non-hydrogen) atoms. The number of methoxy groups -OCH3 is 1. The Balaban J connectivity index is 1.72. The Hall–Kier alpha value is -1.80. The van der Waals surface area contributed by atoms with Crippen molar-refractivity contribution in [1.82, 2.24) is 10.2 Å². The van der Waals surface area contributed by atoms with Gasteiger partial charge in [0.25, 0.3) is 0 Å². The Morgan fingerprint density at radius 1 is 1.34 bits per heavy atom. The molecule has 0 radical (unpaired) electrons. The van der Waals surface area contributed by atoms with Crippen LogP contribution in [0.3, 0.4) is 0 Å². The second kappa shape index (κ2) is 11.4. The van der Waals surface area contributed by atoms with Gasteiger partial charge in [-0.3, -0.25) is 9.10 Å². The molecule has 8 heteroatoms. The largest absolute Gasteiger partial charge is 0.497 e. The van der Waals surface area contributed by atoms with Crippen LogP contribution in [-0.4, -0.2) is 65.3 Å². The number of carbonyl (C=O) groups excluding carboxylic acids is 1. The highest BCUT2D eigenvalue weighted by Crippen LogP contribution is 2.23. The minimum atomic E-state index is -3.44. The van der Waals surface area contributed by atoms with Crippen molar-refractivity contribution in [1.29, 1.82) is 0 Å². The van der Waals surface area contributed by atoms with Crippen molar-refractivity contribution in [2.45, 2.75) is 39.0 Å². The van der Waals surface area contributed by atoms with Gasteiger partial charge < -0.3 is 15.0 Å². The number of likely N-dealkylation sites (tertiary alicyclic amines) is 1. The summed E-state index contributed by atoms with van der Waals surface area (Å²) in [5, 5.41) is 2.95. The summed E-state index contributed by atoms with van der Waals surface area (Å²) in [5.74, 6) is 1.33. The topological polar surface area (TPSA) is 79.0 Å². The highest BCUT2D eigenvalue weighted by atomic mass is 32.2. The molecule has 1 aromatic carbocycles. The van der Waals surface area contributed by atoms with E-state index in [1.807, 2.05) is 0 Å². The van der Waals surface area contributed by atoms with E-state index in [1.54, 1.807) is 31.4 Å². The highest BCUT2D eigenvalue weighted by Gasteiger charge is 2.18. The molecular formula is C21H35N3O4S. The van der Waals surface area contributed by atoms with E-state index in [0.29, 0.717) is 30.8 Å². The standard InChI is InChI=1S/C21H35N3O4S/c1-18-8-5-13-23(17-18)14-7-12-22-21(25)11-6-15-24(29(3,26)27)19-9-4-10-20(16-19)28-2/h4,9-10,16,18H,5-8,11-15,17H2,1-3H3,(H,22,25)/t18-/m0/s1. The molecule has 0 unspecified atom stereocenters. The average Bonchev–Trinajstić information content (AvgIpc) is 2.68. The van der Waals surface area contributed by atoms with Crippen LogP contribution in [-0.2, 0) is 14.8 Å². The number of anilines is 1. The molecule has 2 rings (SSSR count). The summed E-state index contributed by atoms with van der Waals surface area (Å²) in [7, 11) is -1.90. The van der Waals surface area contributed by atoms with Crippen molar-refractivity contribution < 1.29 is 17.9 Å². The van der Waals surface area contributed by atoms with Gasteiger partial charge in [-0.25, -0.2) is 8.42 Å². The van der Waals surface area contributed by atoms with Gasteiger partial charge in [0.05, 0.1) is 19.1 Å². The Kier molecular flexibility index (Phi) is 9.23. The second-order valence-electron chi connectivity index (χ2n) is 7.89. The normalized spacial score (nSPS) is 17.7. The third kappa shape index (κ3) is 8.22. The second-order valence-corrected chi connectivity index (χ2v) is 9.80. The summed E-state index contributed by atoms with van der Waals surface area (Å²) >= 11 is 0. The number of hydrogen-bond donors (Lipinski definition) is 1. The molecule has 1 aromatic rings. The molecule has 7 nitrogen and oxygen atoms in total. The smallest absolute Gasteiger partial charge is 0.232 e. The maximum atomic E-state index is 12.2. The molecule has 0 saturated carbocycles. The van der Waals surface area contributed by atoms with E-state index in [0.717, 1.165) is 32.0 Å². The van der Waals surface area contributed by atoms with Gasteiger partial charge in [0.1, 0.15) is 5.75 Å². The summed E-state index contributed by atoms with van der Waals surface area (Å²) < 4.78 is 30.8. The lowest BCUT2D eigenvalue weighted by Crippen LogP contribution is -2.36. The average molecular weight is 426 g/mol. The number of amides is 1. The zero-order valence-corrected chi connectivity index (χ0v) is 18.7. The van der Waals surface area contributed by atoms with Gasteiger partial charge in [0, 0.05) is 32.1 Å². The summed E-state index contributed by atoms with van der Waals surface area (Å²) in [6.45, 7) is 6.53. The van der Waals surface area contributed by atoms with Crippen LogP contribution in [0.25, 0.3) is 0 Å². The summed E-state index contributed by atoms with van der Waals surface area (Å²) in [5.41, 5.74) is 0.544. The van der Waals surface area contributed by atoms with Crippen LogP contribution in [0, 0.1) is 5.92 Å².